The molecule has 2 N–H and O–H groups in total. The highest BCUT2D eigenvalue weighted by Crippen LogP contribution is 2.30. The summed E-state index contributed by atoms with van der Waals surface area (Å²) >= 11 is 0. The van der Waals surface area contributed by atoms with Crippen molar-refractivity contribution in [3.63, 3.8) is 0 Å². The second kappa shape index (κ2) is 10.0. The summed E-state index contributed by atoms with van der Waals surface area (Å²) in [5, 5.41) is 15.9. The Morgan fingerprint density at radius 1 is 1.09 bits per heavy atom. The fraction of sp³-hybridized carbons (Fsp3) is 0.217. The van der Waals surface area contributed by atoms with Crippen LogP contribution in [-0.2, 0) is 26.5 Å². The van der Waals surface area contributed by atoms with Gasteiger partial charge in [-0.25, -0.2) is 14.3 Å². The number of benzene rings is 2. The van der Waals surface area contributed by atoms with Gasteiger partial charge in [-0.2, -0.15) is 13.9 Å². The number of carbonyl (C=O) groups is 3. The number of hydrogen-bond acceptors (Lipinski definition) is 5. The van der Waals surface area contributed by atoms with Crippen LogP contribution in [0.2, 0.25) is 0 Å². The first kappa shape index (κ1) is 23.6. The van der Waals surface area contributed by atoms with Crippen molar-refractivity contribution in [2.24, 2.45) is 0 Å². The number of carboxylic acid groups (broad SMARTS) is 1. The molecule has 0 spiro atoms. The Labute approximate surface area is 187 Å². The van der Waals surface area contributed by atoms with Crippen molar-refractivity contribution in [2.45, 2.75) is 32.0 Å². The van der Waals surface area contributed by atoms with Gasteiger partial charge in [0.25, 0.3) is 0 Å². The molecule has 8 nitrogen and oxygen atoms in total. The second-order valence-corrected chi connectivity index (χ2v) is 7.34. The molecule has 0 aliphatic heterocycles. The van der Waals surface area contributed by atoms with Gasteiger partial charge in [0.2, 0.25) is 0 Å². The highest BCUT2D eigenvalue weighted by atomic mass is 19.3. The molecule has 1 atom stereocenters. The number of aromatic nitrogens is 2. The third kappa shape index (κ3) is 5.59. The summed E-state index contributed by atoms with van der Waals surface area (Å²) in [6.45, 7) is -1.67. The van der Waals surface area contributed by atoms with Crippen LogP contribution in [0, 0.1) is 0 Å². The van der Waals surface area contributed by atoms with E-state index in [2.05, 4.69) is 10.4 Å². The number of nitrogens with zero attached hydrogens (tertiary/aromatic N) is 2. The van der Waals surface area contributed by atoms with Crippen LogP contribution in [0.4, 0.5) is 13.6 Å². The van der Waals surface area contributed by atoms with E-state index in [1.807, 2.05) is 0 Å². The largest absolute Gasteiger partial charge is 0.479 e. The maximum Gasteiger partial charge on any atom is 0.408 e. The first-order valence-electron chi connectivity index (χ1n) is 9.86. The van der Waals surface area contributed by atoms with Crippen LogP contribution in [0.15, 0.2) is 67.0 Å². The number of carboxylic acids is 1. The zero-order valence-corrected chi connectivity index (χ0v) is 17.6. The molecule has 0 bridgehead atoms. The molecule has 1 aromatic heterocycles. The number of alkyl halides is 2. The molecule has 1 unspecified atom stereocenters. The van der Waals surface area contributed by atoms with Gasteiger partial charge in [0.1, 0.15) is 12.4 Å². The summed E-state index contributed by atoms with van der Waals surface area (Å²) in [5.41, 5.74) is -0.365. The summed E-state index contributed by atoms with van der Waals surface area (Å²) in [5.74, 6) is -1.92. The number of ketones is 1. The number of Topliss-reactive ketones (excluding diaryl/α,β-unsaturated/α-hetero) is 1. The quantitative estimate of drug-likeness (QED) is 0.500. The summed E-state index contributed by atoms with van der Waals surface area (Å²) in [6, 6.07) is 14.6. The number of carbonyl (C=O) groups excluding carboxylic acids is 2. The predicted molar refractivity (Wildman–Crippen MR) is 113 cm³/mol. The SMILES string of the molecule is CC(=O)CC(NC(=O)OCc1ccccc1)(C(=O)O)c1ccc(-c2cnn(C(F)F)c2)cc1. The number of halogens is 2. The average molecular weight is 457 g/mol. The van der Waals surface area contributed by atoms with Gasteiger partial charge in [0, 0.05) is 18.2 Å². The van der Waals surface area contributed by atoms with E-state index in [0.717, 1.165) is 6.20 Å². The lowest BCUT2D eigenvalue weighted by Gasteiger charge is -2.30. The van der Waals surface area contributed by atoms with Crippen molar-refractivity contribution in [1.29, 1.82) is 0 Å². The predicted octanol–water partition coefficient (Wildman–Crippen LogP) is 4.13. The molecule has 0 saturated carbocycles. The summed E-state index contributed by atoms with van der Waals surface area (Å²) in [4.78, 5) is 36.7. The molecule has 3 aromatic rings. The number of aliphatic carboxylic acids is 1. The molecule has 10 heteroatoms. The number of hydrogen-bond donors (Lipinski definition) is 2. The fourth-order valence-electron chi connectivity index (χ4n) is 3.32. The van der Waals surface area contributed by atoms with E-state index < -0.39 is 36.4 Å². The van der Waals surface area contributed by atoms with Crippen LogP contribution in [0.25, 0.3) is 11.1 Å². The zero-order valence-electron chi connectivity index (χ0n) is 17.6. The minimum atomic E-state index is -2.79. The Kier molecular flexibility index (Phi) is 7.17. The summed E-state index contributed by atoms with van der Waals surface area (Å²) in [6.07, 6.45) is 0.870. The molecular weight excluding hydrogens is 436 g/mol. The number of alkyl carbamates (subject to hydrolysis) is 1. The standard InChI is InChI=1S/C23H21F2N3O5/c1-15(29)11-23(20(30)31,27-22(32)33-14-16-5-3-2-4-6-16)19-9-7-17(8-10-19)18-12-26-28(13-18)21(24)25/h2-10,12-13,21H,11,14H2,1H3,(H,27,32)(H,30,31). The van der Waals surface area contributed by atoms with Crippen LogP contribution >= 0.6 is 0 Å². The van der Waals surface area contributed by atoms with Crippen molar-refractivity contribution in [3.8, 4) is 11.1 Å². The molecule has 33 heavy (non-hydrogen) atoms. The van der Waals surface area contributed by atoms with Crippen molar-refractivity contribution < 1.29 is 33.0 Å². The Balaban J connectivity index is 1.86. The molecule has 0 aliphatic carbocycles. The third-order valence-corrected chi connectivity index (χ3v) is 4.92. The van der Waals surface area contributed by atoms with Crippen LogP contribution in [0.3, 0.4) is 0 Å². The van der Waals surface area contributed by atoms with E-state index in [4.69, 9.17) is 4.74 Å². The van der Waals surface area contributed by atoms with Crippen LogP contribution in [0.5, 0.6) is 0 Å². The van der Waals surface area contributed by atoms with Crippen molar-refractivity contribution in [2.75, 3.05) is 0 Å². The molecule has 172 valence electrons. The van der Waals surface area contributed by atoms with Crippen molar-refractivity contribution >= 4 is 17.8 Å². The van der Waals surface area contributed by atoms with E-state index in [-0.39, 0.29) is 12.2 Å². The normalized spacial score (nSPS) is 12.7. The van der Waals surface area contributed by atoms with Crippen molar-refractivity contribution in [1.82, 2.24) is 15.1 Å². The fourth-order valence-corrected chi connectivity index (χ4v) is 3.32. The van der Waals surface area contributed by atoms with Gasteiger partial charge in [-0.05, 0) is 23.6 Å². The zero-order chi connectivity index (χ0) is 24.0. The number of rotatable bonds is 9. The van der Waals surface area contributed by atoms with Crippen LogP contribution in [-0.4, -0.2) is 32.7 Å². The van der Waals surface area contributed by atoms with Gasteiger partial charge in [0.15, 0.2) is 5.54 Å². The molecule has 0 aliphatic rings. The van der Waals surface area contributed by atoms with E-state index in [1.54, 1.807) is 30.3 Å². The smallest absolute Gasteiger partial charge is 0.408 e. The van der Waals surface area contributed by atoms with Gasteiger partial charge in [-0.3, -0.25) is 4.79 Å². The van der Waals surface area contributed by atoms with Gasteiger partial charge < -0.3 is 15.2 Å². The molecule has 0 saturated heterocycles. The van der Waals surface area contributed by atoms with E-state index in [1.165, 1.54) is 37.4 Å². The molecule has 1 amide bonds. The third-order valence-electron chi connectivity index (χ3n) is 4.92. The van der Waals surface area contributed by atoms with Gasteiger partial charge in [-0.15, -0.1) is 0 Å². The van der Waals surface area contributed by atoms with Crippen LogP contribution in [0.1, 0.15) is 31.0 Å². The molecule has 2 aromatic carbocycles. The maximum absolute atomic E-state index is 12.8. The topological polar surface area (TPSA) is 111 Å². The van der Waals surface area contributed by atoms with E-state index in [9.17, 15) is 28.3 Å². The average Bonchev–Trinajstić information content (AvgIpc) is 3.28. The molecular formula is C23H21F2N3O5. The highest BCUT2D eigenvalue weighted by Gasteiger charge is 2.43. The monoisotopic (exact) mass is 457 g/mol. The highest BCUT2D eigenvalue weighted by molar-refractivity contribution is 5.92. The lowest BCUT2D eigenvalue weighted by Crippen LogP contribution is -2.53. The molecule has 0 fully saturated rings. The first-order valence-corrected chi connectivity index (χ1v) is 9.86. The van der Waals surface area contributed by atoms with Gasteiger partial charge in [0.05, 0.1) is 6.20 Å². The molecule has 3 rings (SSSR count). The first-order chi connectivity index (χ1) is 15.7. The maximum atomic E-state index is 12.8. The molecule has 1 heterocycles. The minimum absolute atomic E-state index is 0.0878. The summed E-state index contributed by atoms with van der Waals surface area (Å²) < 4.78 is 31.2. The number of ether oxygens (including phenoxy) is 1. The number of amides is 1. The van der Waals surface area contributed by atoms with Gasteiger partial charge in [-0.1, -0.05) is 54.6 Å². The second-order valence-electron chi connectivity index (χ2n) is 7.34. The Bertz CT molecular complexity index is 1130. The molecule has 0 radical (unpaired) electrons. The Hall–Kier alpha value is -4.08. The Morgan fingerprint density at radius 3 is 2.30 bits per heavy atom. The summed E-state index contributed by atoms with van der Waals surface area (Å²) in [7, 11) is 0. The van der Waals surface area contributed by atoms with Crippen LogP contribution < -0.4 is 5.32 Å². The lowest BCUT2D eigenvalue weighted by molar-refractivity contribution is -0.147. The Morgan fingerprint density at radius 2 is 1.76 bits per heavy atom. The lowest BCUT2D eigenvalue weighted by atomic mass is 9.84. The van der Waals surface area contributed by atoms with E-state index in [0.29, 0.717) is 21.4 Å². The van der Waals surface area contributed by atoms with Gasteiger partial charge >= 0.3 is 18.6 Å². The van der Waals surface area contributed by atoms with E-state index >= 15 is 0 Å². The number of nitrogens with one attached hydrogen (secondary N) is 1. The van der Waals surface area contributed by atoms with Crippen molar-refractivity contribution in [3.05, 3.63) is 78.1 Å². The minimum Gasteiger partial charge on any atom is -0.479 e.